The zero-order valence-electron chi connectivity index (χ0n) is 10.8. The van der Waals surface area contributed by atoms with Crippen molar-refractivity contribution in [3.05, 3.63) is 23.3 Å². The van der Waals surface area contributed by atoms with Crippen LogP contribution in [0.4, 0.5) is 0 Å². The number of ketones is 1. The molecule has 0 fully saturated rings. The molecule has 0 saturated carbocycles. The minimum absolute atomic E-state index is 0.00671. The standard InChI is InChI=1S/C13H19NO4/c1-7(2)12(17)11-8(10(16)6-14-3)4-5-9(15)13(11)18/h4-5,7,10,14-16,18H,6H2,1-3H3/t10-/m0/s1. The summed E-state index contributed by atoms with van der Waals surface area (Å²) >= 11 is 0. The van der Waals surface area contributed by atoms with Gasteiger partial charge in [-0.3, -0.25) is 4.79 Å². The first-order valence-corrected chi connectivity index (χ1v) is 5.81. The Labute approximate surface area is 106 Å². The molecule has 5 heteroatoms. The molecule has 0 saturated heterocycles. The van der Waals surface area contributed by atoms with Crippen LogP contribution in [-0.4, -0.2) is 34.7 Å². The van der Waals surface area contributed by atoms with E-state index >= 15 is 0 Å². The van der Waals surface area contributed by atoms with Crippen molar-refractivity contribution in [2.75, 3.05) is 13.6 Å². The van der Waals surface area contributed by atoms with Gasteiger partial charge in [-0.05, 0) is 18.7 Å². The van der Waals surface area contributed by atoms with Crippen LogP contribution in [0.3, 0.4) is 0 Å². The number of carbonyl (C=O) groups excluding carboxylic acids is 1. The molecule has 4 N–H and O–H groups in total. The highest BCUT2D eigenvalue weighted by molar-refractivity contribution is 6.02. The number of nitrogens with one attached hydrogen (secondary N) is 1. The number of benzene rings is 1. The van der Waals surface area contributed by atoms with Gasteiger partial charge in [-0.15, -0.1) is 0 Å². The molecule has 0 aliphatic heterocycles. The number of likely N-dealkylation sites (N-methyl/N-ethyl adjacent to an activating group) is 1. The van der Waals surface area contributed by atoms with Gasteiger partial charge in [0.1, 0.15) is 0 Å². The number of rotatable bonds is 5. The highest BCUT2D eigenvalue weighted by Crippen LogP contribution is 2.35. The molecule has 0 spiro atoms. The number of Topliss-reactive ketones (excluding diaryl/α,β-unsaturated/α-hetero) is 1. The second kappa shape index (κ2) is 5.84. The van der Waals surface area contributed by atoms with Crippen LogP contribution < -0.4 is 5.32 Å². The van der Waals surface area contributed by atoms with Crippen LogP contribution in [0.1, 0.15) is 35.9 Å². The molecule has 0 heterocycles. The largest absolute Gasteiger partial charge is 0.504 e. The summed E-state index contributed by atoms with van der Waals surface area (Å²) in [5, 5.41) is 32.0. The summed E-state index contributed by atoms with van der Waals surface area (Å²) in [7, 11) is 1.67. The van der Waals surface area contributed by atoms with Gasteiger partial charge in [0.15, 0.2) is 17.3 Å². The van der Waals surface area contributed by atoms with E-state index in [1.165, 1.54) is 12.1 Å². The van der Waals surface area contributed by atoms with E-state index < -0.39 is 11.9 Å². The Kier molecular flexibility index (Phi) is 4.69. The molecule has 0 aliphatic carbocycles. The Morgan fingerprint density at radius 2 is 1.94 bits per heavy atom. The van der Waals surface area contributed by atoms with Crippen molar-refractivity contribution in [2.45, 2.75) is 20.0 Å². The summed E-state index contributed by atoms with van der Waals surface area (Å²) < 4.78 is 0. The Bertz CT molecular complexity index is 443. The lowest BCUT2D eigenvalue weighted by atomic mass is 9.92. The smallest absolute Gasteiger partial charge is 0.169 e. The molecule has 0 aromatic heterocycles. The maximum atomic E-state index is 12.0. The van der Waals surface area contributed by atoms with Gasteiger partial charge in [0.05, 0.1) is 11.7 Å². The van der Waals surface area contributed by atoms with E-state index in [2.05, 4.69) is 5.32 Å². The van der Waals surface area contributed by atoms with Crippen LogP contribution in [0.5, 0.6) is 11.5 Å². The molecular weight excluding hydrogens is 234 g/mol. The van der Waals surface area contributed by atoms with Crippen LogP contribution in [0.15, 0.2) is 12.1 Å². The first-order chi connectivity index (χ1) is 8.40. The lowest BCUT2D eigenvalue weighted by molar-refractivity contribution is 0.0927. The van der Waals surface area contributed by atoms with Crippen molar-refractivity contribution in [3.8, 4) is 11.5 Å². The molecule has 0 bridgehead atoms. The van der Waals surface area contributed by atoms with E-state index in [1.54, 1.807) is 20.9 Å². The third-order valence-electron chi connectivity index (χ3n) is 2.72. The van der Waals surface area contributed by atoms with E-state index in [-0.39, 0.29) is 29.6 Å². The summed E-state index contributed by atoms with van der Waals surface area (Å²) in [4.78, 5) is 12.0. The number of aliphatic hydroxyl groups is 1. The number of aliphatic hydroxyl groups excluding tert-OH is 1. The Balaban J connectivity index is 3.34. The Morgan fingerprint density at radius 3 is 2.44 bits per heavy atom. The van der Waals surface area contributed by atoms with Crippen LogP contribution in [0, 0.1) is 5.92 Å². The lowest BCUT2D eigenvalue weighted by Crippen LogP contribution is -2.20. The summed E-state index contributed by atoms with van der Waals surface area (Å²) in [6.45, 7) is 3.64. The highest BCUT2D eigenvalue weighted by Gasteiger charge is 2.24. The van der Waals surface area contributed by atoms with Crippen molar-refractivity contribution in [1.29, 1.82) is 0 Å². The molecule has 0 amide bonds. The third-order valence-corrected chi connectivity index (χ3v) is 2.72. The average Bonchev–Trinajstić information content (AvgIpc) is 2.31. The molecule has 1 rings (SSSR count). The SMILES string of the molecule is CNC[C@H](O)c1ccc(O)c(O)c1C(=O)C(C)C. The van der Waals surface area contributed by atoms with Crippen LogP contribution in [-0.2, 0) is 0 Å². The maximum Gasteiger partial charge on any atom is 0.169 e. The van der Waals surface area contributed by atoms with Gasteiger partial charge >= 0.3 is 0 Å². The van der Waals surface area contributed by atoms with Gasteiger partial charge in [0.2, 0.25) is 0 Å². The van der Waals surface area contributed by atoms with Gasteiger partial charge in [-0.2, -0.15) is 0 Å². The average molecular weight is 253 g/mol. The maximum absolute atomic E-state index is 12.0. The zero-order valence-corrected chi connectivity index (χ0v) is 10.8. The van der Waals surface area contributed by atoms with Gasteiger partial charge in [0, 0.05) is 12.5 Å². The summed E-state index contributed by atoms with van der Waals surface area (Å²) in [6, 6.07) is 2.72. The van der Waals surface area contributed by atoms with E-state index in [0.29, 0.717) is 5.56 Å². The molecule has 0 aliphatic rings. The Hall–Kier alpha value is -1.59. The minimum atomic E-state index is -0.917. The van der Waals surface area contributed by atoms with Crippen molar-refractivity contribution in [3.63, 3.8) is 0 Å². The molecule has 18 heavy (non-hydrogen) atoms. The molecule has 5 nitrogen and oxygen atoms in total. The van der Waals surface area contributed by atoms with Gasteiger partial charge in [-0.25, -0.2) is 0 Å². The normalized spacial score (nSPS) is 12.7. The predicted octanol–water partition coefficient (Wildman–Crippen LogP) is 1.19. The van der Waals surface area contributed by atoms with Crippen molar-refractivity contribution in [2.24, 2.45) is 5.92 Å². The fourth-order valence-corrected chi connectivity index (χ4v) is 1.72. The zero-order chi connectivity index (χ0) is 13.9. The van der Waals surface area contributed by atoms with Crippen LogP contribution in [0.2, 0.25) is 0 Å². The Morgan fingerprint density at radius 1 is 1.33 bits per heavy atom. The number of hydrogen-bond donors (Lipinski definition) is 4. The number of phenols is 2. The van der Waals surface area contributed by atoms with E-state index in [9.17, 15) is 20.1 Å². The molecule has 100 valence electrons. The molecule has 0 unspecified atom stereocenters. The molecule has 1 atom stereocenters. The monoisotopic (exact) mass is 253 g/mol. The van der Waals surface area contributed by atoms with Crippen molar-refractivity contribution in [1.82, 2.24) is 5.32 Å². The first-order valence-electron chi connectivity index (χ1n) is 5.81. The summed E-state index contributed by atoms with van der Waals surface area (Å²) in [5.74, 6) is -1.48. The number of hydrogen-bond acceptors (Lipinski definition) is 5. The molecule has 1 aromatic carbocycles. The van der Waals surface area contributed by atoms with Gasteiger partial charge in [0.25, 0.3) is 0 Å². The molecule has 1 aromatic rings. The topological polar surface area (TPSA) is 89.8 Å². The predicted molar refractivity (Wildman–Crippen MR) is 67.8 cm³/mol. The fraction of sp³-hybridized carbons (Fsp3) is 0.462. The molecule has 0 radical (unpaired) electrons. The quantitative estimate of drug-likeness (QED) is 0.467. The van der Waals surface area contributed by atoms with Crippen LogP contribution in [0.25, 0.3) is 0 Å². The fourth-order valence-electron chi connectivity index (χ4n) is 1.72. The second-order valence-electron chi connectivity index (χ2n) is 4.49. The van der Waals surface area contributed by atoms with Crippen LogP contribution >= 0.6 is 0 Å². The summed E-state index contributed by atoms with van der Waals surface area (Å²) in [6.07, 6.45) is -0.917. The first kappa shape index (κ1) is 14.5. The van der Waals surface area contributed by atoms with Crippen molar-refractivity contribution >= 4 is 5.78 Å². The third kappa shape index (κ3) is 2.80. The van der Waals surface area contributed by atoms with Crippen molar-refractivity contribution < 1.29 is 20.1 Å². The minimum Gasteiger partial charge on any atom is -0.504 e. The number of aromatic hydroxyl groups is 2. The number of carbonyl (C=O) groups is 1. The van der Waals surface area contributed by atoms with E-state index in [4.69, 9.17) is 0 Å². The highest BCUT2D eigenvalue weighted by atomic mass is 16.3. The van der Waals surface area contributed by atoms with E-state index in [0.717, 1.165) is 0 Å². The van der Waals surface area contributed by atoms with Gasteiger partial charge < -0.3 is 20.6 Å². The lowest BCUT2D eigenvalue weighted by Gasteiger charge is -2.17. The number of phenolic OH excluding ortho intramolecular Hbond substituents is 2. The second-order valence-corrected chi connectivity index (χ2v) is 4.49. The van der Waals surface area contributed by atoms with E-state index in [1.807, 2.05) is 0 Å². The summed E-state index contributed by atoms with van der Waals surface area (Å²) in [5.41, 5.74) is 0.311. The molecular formula is C13H19NO4. The van der Waals surface area contributed by atoms with Gasteiger partial charge in [-0.1, -0.05) is 19.9 Å².